The van der Waals surface area contributed by atoms with Crippen molar-refractivity contribution in [2.24, 2.45) is 0 Å². The Labute approximate surface area is 124 Å². The molecule has 1 aliphatic rings. The van der Waals surface area contributed by atoms with Gasteiger partial charge in [-0.25, -0.2) is 0 Å². The van der Waals surface area contributed by atoms with E-state index in [1.54, 1.807) is 7.11 Å². The zero-order chi connectivity index (χ0) is 14.3. The number of hydrogen-bond donors (Lipinski definition) is 0. The van der Waals surface area contributed by atoms with Crippen molar-refractivity contribution in [3.8, 4) is 5.75 Å². The van der Waals surface area contributed by atoms with Crippen LogP contribution in [0.1, 0.15) is 36.6 Å². The molecule has 2 aromatic carbocycles. The molecule has 2 nitrogen and oxygen atoms in total. The minimum Gasteiger partial charge on any atom is -0.497 e. The number of methoxy groups -OCH3 is 1. The Balaban J connectivity index is 2.04. The quantitative estimate of drug-likeness (QED) is 0.797. The van der Waals surface area contributed by atoms with Crippen molar-refractivity contribution in [2.75, 3.05) is 7.11 Å². The zero-order valence-corrected chi connectivity index (χ0v) is 12.6. The van der Waals surface area contributed by atoms with E-state index in [0.717, 1.165) is 21.9 Å². The molecule has 3 heteroatoms. The smallest absolute Gasteiger partial charge is 0.118 e. The lowest BCUT2D eigenvalue weighted by Gasteiger charge is -2.21. The van der Waals surface area contributed by atoms with Crippen molar-refractivity contribution in [1.82, 2.24) is 0 Å². The second kappa shape index (κ2) is 4.80. The van der Waals surface area contributed by atoms with Gasteiger partial charge in [-0.3, -0.25) is 0 Å². The zero-order valence-electron chi connectivity index (χ0n) is 11.8. The molecule has 0 saturated heterocycles. The molecule has 1 atom stereocenters. The van der Waals surface area contributed by atoms with Gasteiger partial charge in [-0.2, -0.15) is 0 Å². The van der Waals surface area contributed by atoms with E-state index in [0.29, 0.717) is 0 Å². The van der Waals surface area contributed by atoms with Crippen LogP contribution in [0, 0.1) is 0 Å². The van der Waals surface area contributed by atoms with Crippen LogP contribution in [0.25, 0.3) is 0 Å². The number of halogens is 1. The van der Waals surface area contributed by atoms with E-state index in [4.69, 9.17) is 21.1 Å². The predicted octanol–water partition coefficient (Wildman–Crippen LogP) is 4.70. The monoisotopic (exact) mass is 288 g/mol. The number of rotatable bonds is 2. The van der Waals surface area contributed by atoms with Gasteiger partial charge in [0, 0.05) is 5.02 Å². The fourth-order valence-electron chi connectivity index (χ4n) is 2.73. The molecule has 104 valence electrons. The summed E-state index contributed by atoms with van der Waals surface area (Å²) in [6, 6.07) is 14.0. The molecule has 3 rings (SSSR count). The van der Waals surface area contributed by atoms with Crippen LogP contribution in [-0.2, 0) is 10.3 Å². The highest BCUT2D eigenvalue weighted by Crippen LogP contribution is 2.46. The Morgan fingerprint density at radius 3 is 2.45 bits per heavy atom. The summed E-state index contributed by atoms with van der Waals surface area (Å²) >= 11 is 6.11. The maximum atomic E-state index is 6.23. The second-order valence-corrected chi connectivity index (χ2v) is 5.95. The summed E-state index contributed by atoms with van der Waals surface area (Å²) in [5.41, 5.74) is 3.14. The Morgan fingerprint density at radius 2 is 1.80 bits per heavy atom. The predicted molar refractivity (Wildman–Crippen MR) is 80.4 cm³/mol. The first-order valence-electron chi connectivity index (χ1n) is 6.63. The highest BCUT2D eigenvalue weighted by molar-refractivity contribution is 6.30. The van der Waals surface area contributed by atoms with Gasteiger partial charge in [0.15, 0.2) is 0 Å². The van der Waals surface area contributed by atoms with E-state index in [9.17, 15) is 0 Å². The third kappa shape index (κ3) is 2.19. The molecular weight excluding hydrogens is 272 g/mol. The van der Waals surface area contributed by atoms with E-state index >= 15 is 0 Å². The molecule has 2 aromatic rings. The van der Waals surface area contributed by atoms with Gasteiger partial charge in [-0.15, -0.1) is 0 Å². The number of benzene rings is 2. The van der Waals surface area contributed by atoms with Crippen molar-refractivity contribution in [2.45, 2.75) is 25.6 Å². The molecular formula is C17H17ClO2. The van der Waals surface area contributed by atoms with E-state index in [-0.39, 0.29) is 11.7 Å². The standard InChI is InChI=1S/C17H17ClO2/c1-17(2)15-10-12(18)6-9-14(15)16(20-17)11-4-7-13(19-3)8-5-11/h4-10,16H,1-3H3. The van der Waals surface area contributed by atoms with Crippen LogP contribution in [0.3, 0.4) is 0 Å². The van der Waals surface area contributed by atoms with Crippen LogP contribution in [0.5, 0.6) is 5.75 Å². The van der Waals surface area contributed by atoms with Crippen LogP contribution in [-0.4, -0.2) is 7.11 Å². The molecule has 0 saturated carbocycles. The van der Waals surface area contributed by atoms with E-state index in [1.807, 2.05) is 36.4 Å². The van der Waals surface area contributed by atoms with Gasteiger partial charge >= 0.3 is 0 Å². The molecule has 0 amide bonds. The lowest BCUT2D eigenvalue weighted by Crippen LogP contribution is -2.15. The van der Waals surface area contributed by atoms with Crippen molar-refractivity contribution < 1.29 is 9.47 Å². The van der Waals surface area contributed by atoms with Crippen LogP contribution >= 0.6 is 11.6 Å². The third-order valence-electron chi connectivity index (χ3n) is 3.78. The van der Waals surface area contributed by atoms with Crippen molar-refractivity contribution in [1.29, 1.82) is 0 Å². The lowest BCUT2D eigenvalue weighted by molar-refractivity contribution is -0.0340. The summed E-state index contributed by atoms with van der Waals surface area (Å²) < 4.78 is 11.4. The van der Waals surface area contributed by atoms with E-state index in [2.05, 4.69) is 19.9 Å². The molecule has 0 radical (unpaired) electrons. The molecule has 1 unspecified atom stereocenters. The topological polar surface area (TPSA) is 18.5 Å². The molecule has 1 aliphatic heterocycles. The molecule has 0 bridgehead atoms. The molecule has 0 aromatic heterocycles. The van der Waals surface area contributed by atoms with Gasteiger partial charge in [0.1, 0.15) is 11.9 Å². The van der Waals surface area contributed by atoms with Crippen LogP contribution in [0.15, 0.2) is 42.5 Å². The normalized spacial score (nSPS) is 19.7. The van der Waals surface area contributed by atoms with Gasteiger partial charge in [0.25, 0.3) is 0 Å². The molecule has 0 aliphatic carbocycles. The van der Waals surface area contributed by atoms with Crippen molar-refractivity contribution in [3.63, 3.8) is 0 Å². The van der Waals surface area contributed by atoms with Crippen LogP contribution in [0.4, 0.5) is 0 Å². The lowest BCUT2D eigenvalue weighted by atomic mass is 9.93. The molecule has 0 N–H and O–H groups in total. The second-order valence-electron chi connectivity index (χ2n) is 5.51. The van der Waals surface area contributed by atoms with Gasteiger partial charge in [-0.05, 0) is 54.8 Å². The minimum absolute atomic E-state index is 0.0526. The largest absolute Gasteiger partial charge is 0.497 e. The van der Waals surface area contributed by atoms with Gasteiger partial charge in [-0.1, -0.05) is 29.8 Å². The summed E-state index contributed by atoms with van der Waals surface area (Å²) in [6.45, 7) is 4.15. The first kappa shape index (κ1) is 13.5. The number of fused-ring (bicyclic) bond motifs is 1. The van der Waals surface area contributed by atoms with Gasteiger partial charge in [0.05, 0.1) is 12.7 Å². The van der Waals surface area contributed by atoms with Gasteiger partial charge < -0.3 is 9.47 Å². The fourth-order valence-corrected chi connectivity index (χ4v) is 2.90. The fraction of sp³-hybridized carbons (Fsp3) is 0.294. The molecule has 0 spiro atoms. The summed E-state index contributed by atoms with van der Waals surface area (Å²) in [5, 5.41) is 0.746. The van der Waals surface area contributed by atoms with E-state index in [1.165, 1.54) is 5.56 Å². The Hall–Kier alpha value is -1.51. The number of hydrogen-bond acceptors (Lipinski definition) is 2. The maximum Gasteiger partial charge on any atom is 0.118 e. The van der Waals surface area contributed by atoms with Crippen molar-refractivity contribution in [3.05, 3.63) is 64.2 Å². The molecule has 1 heterocycles. The first-order chi connectivity index (χ1) is 9.51. The summed E-state index contributed by atoms with van der Waals surface area (Å²) in [6.07, 6.45) is -0.0526. The Kier molecular flexibility index (Phi) is 3.23. The summed E-state index contributed by atoms with van der Waals surface area (Å²) in [7, 11) is 1.67. The molecule has 20 heavy (non-hydrogen) atoms. The molecule has 0 fully saturated rings. The van der Waals surface area contributed by atoms with Gasteiger partial charge in [0.2, 0.25) is 0 Å². The highest BCUT2D eigenvalue weighted by Gasteiger charge is 2.38. The maximum absolute atomic E-state index is 6.23. The third-order valence-corrected chi connectivity index (χ3v) is 4.01. The van der Waals surface area contributed by atoms with Crippen molar-refractivity contribution >= 4 is 11.6 Å². The first-order valence-corrected chi connectivity index (χ1v) is 7.01. The van der Waals surface area contributed by atoms with Crippen LogP contribution in [0.2, 0.25) is 5.02 Å². The van der Waals surface area contributed by atoms with E-state index < -0.39 is 0 Å². The Bertz CT molecular complexity index is 632. The summed E-state index contributed by atoms with van der Waals surface area (Å²) in [4.78, 5) is 0. The summed E-state index contributed by atoms with van der Waals surface area (Å²) in [5.74, 6) is 0.849. The average molecular weight is 289 g/mol. The van der Waals surface area contributed by atoms with Crippen LogP contribution < -0.4 is 4.74 Å². The average Bonchev–Trinajstić information content (AvgIpc) is 2.71. The SMILES string of the molecule is COc1ccc(C2OC(C)(C)c3cc(Cl)ccc32)cc1. The minimum atomic E-state index is -0.329. The number of ether oxygens (including phenoxy) is 2. The Morgan fingerprint density at radius 1 is 1.10 bits per heavy atom. The highest BCUT2D eigenvalue weighted by atomic mass is 35.5.